The molecule has 0 radical (unpaired) electrons. The van der Waals surface area contributed by atoms with Crippen LogP contribution in [0.2, 0.25) is 0 Å². The minimum absolute atomic E-state index is 0.0881. The first-order valence-corrected chi connectivity index (χ1v) is 2.60. The van der Waals surface area contributed by atoms with E-state index in [-0.39, 0.29) is 5.96 Å². The standard InChI is InChI=1S/C4H10N4O2/c1-2(3(9)10)7-4(5)8-6/h2H,6H2,1H3,(H,9,10)(H3,5,7,8)/t2-/m0/s1. The molecule has 0 rings (SSSR count). The van der Waals surface area contributed by atoms with Crippen LogP contribution in [0.1, 0.15) is 6.92 Å². The molecule has 6 N–H and O–H groups in total. The van der Waals surface area contributed by atoms with Crippen molar-refractivity contribution in [2.45, 2.75) is 13.0 Å². The van der Waals surface area contributed by atoms with Crippen LogP contribution in [0, 0.1) is 0 Å². The summed E-state index contributed by atoms with van der Waals surface area (Å²) < 4.78 is 0. The zero-order chi connectivity index (χ0) is 8.15. The molecule has 0 bridgehead atoms. The molecule has 10 heavy (non-hydrogen) atoms. The van der Waals surface area contributed by atoms with Crippen molar-refractivity contribution in [1.29, 1.82) is 0 Å². The normalized spacial score (nSPS) is 14.4. The van der Waals surface area contributed by atoms with Crippen LogP contribution in [0.15, 0.2) is 4.99 Å². The van der Waals surface area contributed by atoms with E-state index in [9.17, 15) is 4.79 Å². The molecule has 0 heterocycles. The SMILES string of the molecule is C[C@H](N=C(N)NN)C(=O)O. The molecule has 0 saturated heterocycles. The Morgan fingerprint density at radius 1 is 1.80 bits per heavy atom. The molecule has 0 saturated carbocycles. The lowest BCUT2D eigenvalue weighted by Gasteiger charge is -2.00. The topological polar surface area (TPSA) is 114 Å². The van der Waals surface area contributed by atoms with Crippen LogP contribution < -0.4 is 17.0 Å². The fraction of sp³-hybridized carbons (Fsp3) is 0.500. The third-order valence-corrected chi connectivity index (χ3v) is 0.838. The highest BCUT2D eigenvalue weighted by Gasteiger charge is 2.07. The summed E-state index contributed by atoms with van der Waals surface area (Å²) in [4.78, 5) is 13.6. The van der Waals surface area contributed by atoms with Gasteiger partial charge in [0, 0.05) is 0 Å². The lowest BCUT2D eigenvalue weighted by molar-refractivity contribution is -0.137. The van der Waals surface area contributed by atoms with Gasteiger partial charge in [-0.1, -0.05) is 0 Å². The van der Waals surface area contributed by atoms with Crippen LogP contribution >= 0.6 is 0 Å². The summed E-state index contributed by atoms with van der Waals surface area (Å²) in [5.41, 5.74) is 7.08. The van der Waals surface area contributed by atoms with Crippen molar-refractivity contribution >= 4 is 11.9 Å². The van der Waals surface area contributed by atoms with Crippen molar-refractivity contribution in [2.24, 2.45) is 16.6 Å². The molecule has 0 aliphatic carbocycles. The fourth-order valence-corrected chi connectivity index (χ4v) is 0.301. The molecule has 58 valence electrons. The van der Waals surface area contributed by atoms with Gasteiger partial charge in [0.1, 0.15) is 6.04 Å². The van der Waals surface area contributed by atoms with Gasteiger partial charge in [-0.2, -0.15) is 0 Å². The predicted octanol–water partition coefficient (Wildman–Crippen LogP) is -1.76. The second-order valence-corrected chi connectivity index (χ2v) is 1.67. The van der Waals surface area contributed by atoms with Gasteiger partial charge in [0.05, 0.1) is 0 Å². The zero-order valence-electron chi connectivity index (χ0n) is 5.53. The molecule has 0 spiro atoms. The molecule has 6 heteroatoms. The van der Waals surface area contributed by atoms with E-state index in [1.54, 1.807) is 0 Å². The Kier molecular flexibility index (Phi) is 3.20. The van der Waals surface area contributed by atoms with E-state index in [1.807, 2.05) is 5.43 Å². The number of aliphatic imine (C=N–C) groups is 1. The fourth-order valence-electron chi connectivity index (χ4n) is 0.301. The number of nitrogens with zero attached hydrogens (tertiary/aromatic N) is 1. The molecule has 0 aliphatic rings. The Labute approximate surface area is 57.9 Å². The highest BCUT2D eigenvalue weighted by Crippen LogP contribution is 1.86. The van der Waals surface area contributed by atoms with E-state index in [4.69, 9.17) is 16.7 Å². The van der Waals surface area contributed by atoms with Gasteiger partial charge >= 0.3 is 5.97 Å². The van der Waals surface area contributed by atoms with Crippen LogP contribution in [0.25, 0.3) is 0 Å². The Bertz CT molecular complexity index is 155. The maximum atomic E-state index is 10.1. The summed E-state index contributed by atoms with van der Waals surface area (Å²) in [5.74, 6) is 3.69. The van der Waals surface area contributed by atoms with Crippen LogP contribution in [0.5, 0.6) is 0 Å². The summed E-state index contributed by atoms with van der Waals surface area (Å²) in [6.45, 7) is 1.40. The number of nitrogens with one attached hydrogen (secondary N) is 1. The van der Waals surface area contributed by atoms with Gasteiger partial charge in [0.25, 0.3) is 0 Å². The number of carboxylic acids is 1. The highest BCUT2D eigenvalue weighted by atomic mass is 16.4. The summed E-state index contributed by atoms with van der Waals surface area (Å²) in [7, 11) is 0. The monoisotopic (exact) mass is 146 g/mol. The number of carboxylic acid groups (broad SMARTS) is 1. The van der Waals surface area contributed by atoms with E-state index < -0.39 is 12.0 Å². The number of aliphatic carboxylic acids is 1. The van der Waals surface area contributed by atoms with Gasteiger partial charge in [-0.25, -0.2) is 15.6 Å². The molecule has 0 aliphatic heterocycles. The summed E-state index contributed by atoms with van der Waals surface area (Å²) >= 11 is 0. The first-order valence-electron chi connectivity index (χ1n) is 2.60. The minimum Gasteiger partial charge on any atom is -0.480 e. The molecule has 6 nitrogen and oxygen atoms in total. The Morgan fingerprint density at radius 3 is 2.60 bits per heavy atom. The molecule has 0 unspecified atom stereocenters. The van der Waals surface area contributed by atoms with Gasteiger partial charge in [-0.05, 0) is 6.92 Å². The molecular formula is C4H10N4O2. The molecule has 0 aromatic heterocycles. The van der Waals surface area contributed by atoms with Crippen molar-refractivity contribution in [1.82, 2.24) is 5.43 Å². The second-order valence-electron chi connectivity index (χ2n) is 1.67. The van der Waals surface area contributed by atoms with Crippen LogP contribution in [-0.2, 0) is 4.79 Å². The predicted molar refractivity (Wildman–Crippen MR) is 36.0 cm³/mol. The lowest BCUT2D eigenvalue weighted by atomic mass is 10.4. The molecule has 1 atom stereocenters. The largest absolute Gasteiger partial charge is 0.480 e. The maximum Gasteiger partial charge on any atom is 0.328 e. The number of nitrogens with two attached hydrogens (primary N) is 2. The van der Waals surface area contributed by atoms with E-state index >= 15 is 0 Å². The summed E-state index contributed by atoms with van der Waals surface area (Å²) in [6.07, 6.45) is 0. The number of guanidine groups is 1. The number of hydrazine groups is 1. The smallest absolute Gasteiger partial charge is 0.328 e. The zero-order valence-corrected chi connectivity index (χ0v) is 5.53. The van der Waals surface area contributed by atoms with Crippen molar-refractivity contribution in [3.8, 4) is 0 Å². The quantitative estimate of drug-likeness (QED) is 0.159. The van der Waals surface area contributed by atoms with Gasteiger partial charge < -0.3 is 10.8 Å². The van der Waals surface area contributed by atoms with Gasteiger partial charge in [-0.15, -0.1) is 0 Å². The van der Waals surface area contributed by atoms with Gasteiger partial charge in [-0.3, -0.25) is 5.43 Å². The first kappa shape index (κ1) is 8.70. The Hall–Kier alpha value is -1.30. The molecule has 0 fully saturated rings. The summed E-state index contributed by atoms with van der Waals surface area (Å²) in [5, 5.41) is 8.30. The van der Waals surface area contributed by atoms with Crippen LogP contribution in [0.3, 0.4) is 0 Å². The van der Waals surface area contributed by atoms with Crippen molar-refractivity contribution in [2.75, 3.05) is 0 Å². The third kappa shape index (κ3) is 2.88. The van der Waals surface area contributed by atoms with E-state index in [1.165, 1.54) is 6.92 Å². The summed E-state index contributed by atoms with van der Waals surface area (Å²) in [6, 6.07) is -0.865. The minimum atomic E-state index is -1.04. The molecular weight excluding hydrogens is 136 g/mol. The van der Waals surface area contributed by atoms with E-state index in [0.29, 0.717) is 0 Å². The second kappa shape index (κ2) is 3.67. The lowest BCUT2D eigenvalue weighted by Crippen LogP contribution is -2.38. The average molecular weight is 146 g/mol. The Balaban J connectivity index is 3.99. The van der Waals surface area contributed by atoms with Gasteiger partial charge in [0.2, 0.25) is 5.96 Å². The third-order valence-electron chi connectivity index (χ3n) is 0.838. The van der Waals surface area contributed by atoms with E-state index in [2.05, 4.69) is 4.99 Å². The van der Waals surface area contributed by atoms with Crippen LogP contribution in [-0.4, -0.2) is 23.1 Å². The highest BCUT2D eigenvalue weighted by molar-refractivity contribution is 5.82. The Morgan fingerprint density at radius 2 is 2.30 bits per heavy atom. The van der Waals surface area contributed by atoms with Crippen molar-refractivity contribution in [3.63, 3.8) is 0 Å². The van der Waals surface area contributed by atoms with Gasteiger partial charge in [0.15, 0.2) is 0 Å². The number of carbonyl (C=O) groups is 1. The molecule has 0 aromatic carbocycles. The maximum absolute atomic E-state index is 10.1. The van der Waals surface area contributed by atoms with Crippen LogP contribution in [0.4, 0.5) is 0 Å². The average Bonchev–Trinajstić information content (AvgIpc) is 1.87. The first-order chi connectivity index (χ1) is 4.57. The van der Waals surface area contributed by atoms with E-state index in [0.717, 1.165) is 0 Å². The molecule has 0 aromatic rings. The number of hydrogen-bond donors (Lipinski definition) is 4. The van der Waals surface area contributed by atoms with Crippen molar-refractivity contribution in [3.05, 3.63) is 0 Å². The molecule has 0 amide bonds. The number of hydrogen-bond acceptors (Lipinski definition) is 3. The number of rotatable bonds is 2. The van der Waals surface area contributed by atoms with Crippen molar-refractivity contribution < 1.29 is 9.90 Å².